The molecule has 1 heterocycles. The van der Waals surface area contributed by atoms with E-state index < -0.39 is 0 Å². The number of ether oxygens (including phenoxy) is 1. The van der Waals surface area contributed by atoms with Gasteiger partial charge in [0, 0.05) is 14.2 Å². The van der Waals surface area contributed by atoms with Crippen molar-refractivity contribution in [3.63, 3.8) is 0 Å². The zero-order chi connectivity index (χ0) is 13.2. The maximum absolute atomic E-state index is 6.14. The third-order valence-corrected chi connectivity index (χ3v) is 3.11. The van der Waals surface area contributed by atoms with E-state index in [9.17, 15) is 0 Å². The molecule has 0 aliphatic rings. The van der Waals surface area contributed by atoms with Crippen LogP contribution in [0.1, 0.15) is 32.5 Å². The maximum atomic E-state index is 6.14. The number of hydrogen-bond donors (Lipinski definition) is 2. The fourth-order valence-electron chi connectivity index (χ4n) is 2.07. The lowest BCUT2D eigenvalue weighted by Crippen LogP contribution is -2.45. The van der Waals surface area contributed by atoms with Crippen LogP contribution >= 0.6 is 11.6 Å². The van der Waals surface area contributed by atoms with Crippen molar-refractivity contribution >= 4 is 11.6 Å². The van der Waals surface area contributed by atoms with Crippen LogP contribution in [-0.4, -0.2) is 23.0 Å². The van der Waals surface area contributed by atoms with Crippen LogP contribution < -0.4 is 11.3 Å². The van der Waals surface area contributed by atoms with Gasteiger partial charge in [0.25, 0.3) is 0 Å². The Kier molecular flexibility index (Phi) is 4.55. The minimum atomic E-state index is -0.208. The molecule has 3 N–H and O–H groups in total. The first-order valence-corrected chi connectivity index (χ1v) is 5.87. The SMILES string of the molecule is COC(C(NN)c1c(Cl)cnn1C)C(C)(C)C. The van der Waals surface area contributed by atoms with Crippen LogP contribution in [-0.2, 0) is 11.8 Å². The van der Waals surface area contributed by atoms with Crippen molar-refractivity contribution in [3.05, 3.63) is 16.9 Å². The summed E-state index contributed by atoms with van der Waals surface area (Å²) in [4.78, 5) is 0. The standard InChI is InChI=1S/C11H21ClN4O/c1-11(2,3)10(17-5)8(15-13)9-7(12)6-14-16(9)4/h6,8,10,15H,13H2,1-5H3. The van der Waals surface area contributed by atoms with Crippen molar-refractivity contribution in [2.75, 3.05) is 7.11 Å². The summed E-state index contributed by atoms with van der Waals surface area (Å²) in [5.41, 5.74) is 3.53. The first-order chi connectivity index (χ1) is 7.82. The molecule has 0 aliphatic carbocycles. The first-order valence-electron chi connectivity index (χ1n) is 5.49. The van der Waals surface area contributed by atoms with Gasteiger partial charge in [-0.05, 0) is 5.41 Å². The highest BCUT2D eigenvalue weighted by atomic mass is 35.5. The van der Waals surface area contributed by atoms with Crippen LogP contribution in [0.5, 0.6) is 0 Å². The van der Waals surface area contributed by atoms with Crippen LogP contribution in [0.2, 0.25) is 5.02 Å². The van der Waals surface area contributed by atoms with Crippen molar-refractivity contribution in [1.29, 1.82) is 0 Å². The van der Waals surface area contributed by atoms with Crippen molar-refractivity contribution in [2.45, 2.75) is 32.9 Å². The molecule has 0 amide bonds. The predicted molar refractivity (Wildman–Crippen MR) is 68.5 cm³/mol. The molecule has 0 fully saturated rings. The van der Waals surface area contributed by atoms with Crippen molar-refractivity contribution in [2.24, 2.45) is 18.3 Å². The topological polar surface area (TPSA) is 65.1 Å². The normalized spacial score (nSPS) is 15.9. The number of nitrogens with one attached hydrogen (secondary N) is 1. The second-order valence-corrected chi connectivity index (χ2v) is 5.58. The molecule has 1 aromatic heterocycles. The van der Waals surface area contributed by atoms with Gasteiger partial charge >= 0.3 is 0 Å². The minimum Gasteiger partial charge on any atom is -0.379 e. The van der Waals surface area contributed by atoms with Crippen molar-refractivity contribution in [3.8, 4) is 0 Å². The summed E-state index contributed by atoms with van der Waals surface area (Å²) in [6.45, 7) is 6.28. The van der Waals surface area contributed by atoms with Crippen LogP contribution in [0.4, 0.5) is 0 Å². The number of aromatic nitrogens is 2. The van der Waals surface area contributed by atoms with Crippen molar-refractivity contribution < 1.29 is 4.74 Å². The number of methoxy groups -OCH3 is 1. The number of hydrazine groups is 1. The molecule has 2 unspecified atom stereocenters. The Morgan fingerprint density at radius 3 is 2.41 bits per heavy atom. The summed E-state index contributed by atoms with van der Waals surface area (Å²) in [6.07, 6.45) is 1.50. The Hall–Kier alpha value is -0.620. The van der Waals surface area contributed by atoms with E-state index in [1.807, 2.05) is 7.05 Å². The van der Waals surface area contributed by atoms with Crippen LogP contribution in [0, 0.1) is 5.41 Å². The third-order valence-electron chi connectivity index (χ3n) is 2.82. The summed E-state index contributed by atoms with van der Waals surface area (Å²) in [6, 6.07) is -0.208. The Morgan fingerprint density at radius 2 is 2.12 bits per heavy atom. The molecular weight excluding hydrogens is 240 g/mol. The fourth-order valence-corrected chi connectivity index (χ4v) is 2.35. The zero-order valence-corrected chi connectivity index (χ0v) is 11.7. The van der Waals surface area contributed by atoms with Gasteiger partial charge < -0.3 is 4.74 Å². The number of nitrogens with two attached hydrogens (primary N) is 1. The smallest absolute Gasteiger partial charge is 0.0910 e. The number of nitrogens with zero attached hydrogens (tertiary/aromatic N) is 2. The first kappa shape index (κ1) is 14.4. The molecule has 0 aliphatic heterocycles. The molecule has 98 valence electrons. The van der Waals surface area contributed by atoms with Gasteiger partial charge in [-0.3, -0.25) is 10.5 Å². The second kappa shape index (κ2) is 5.35. The Labute approximate surface area is 107 Å². The summed E-state index contributed by atoms with van der Waals surface area (Å²) < 4.78 is 7.27. The monoisotopic (exact) mass is 260 g/mol. The van der Waals surface area contributed by atoms with E-state index >= 15 is 0 Å². The Morgan fingerprint density at radius 1 is 1.53 bits per heavy atom. The largest absolute Gasteiger partial charge is 0.379 e. The van der Waals surface area contributed by atoms with Gasteiger partial charge in [-0.1, -0.05) is 32.4 Å². The molecule has 17 heavy (non-hydrogen) atoms. The number of rotatable bonds is 4. The molecule has 0 aromatic carbocycles. The summed E-state index contributed by atoms with van der Waals surface area (Å²) >= 11 is 6.14. The zero-order valence-electron chi connectivity index (χ0n) is 11.0. The lowest BCUT2D eigenvalue weighted by Gasteiger charge is -2.35. The molecule has 5 nitrogen and oxygen atoms in total. The van der Waals surface area contributed by atoms with Gasteiger partial charge in [0.15, 0.2) is 0 Å². The fraction of sp³-hybridized carbons (Fsp3) is 0.727. The molecule has 6 heteroatoms. The number of aryl methyl sites for hydroxylation is 1. The van der Waals surface area contributed by atoms with E-state index in [-0.39, 0.29) is 17.6 Å². The van der Waals surface area contributed by atoms with Gasteiger partial charge in [-0.2, -0.15) is 5.10 Å². The van der Waals surface area contributed by atoms with E-state index in [0.29, 0.717) is 5.02 Å². The van der Waals surface area contributed by atoms with E-state index in [1.165, 1.54) is 0 Å². The van der Waals surface area contributed by atoms with Crippen LogP contribution in [0.3, 0.4) is 0 Å². The molecule has 2 atom stereocenters. The van der Waals surface area contributed by atoms with Crippen molar-refractivity contribution in [1.82, 2.24) is 15.2 Å². The molecule has 0 bridgehead atoms. The molecule has 0 saturated heterocycles. The average Bonchev–Trinajstić information content (AvgIpc) is 2.54. The predicted octanol–water partition coefficient (Wildman–Crippen LogP) is 1.64. The average molecular weight is 261 g/mol. The third kappa shape index (κ3) is 2.98. The lowest BCUT2D eigenvalue weighted by molar-refractivity contribution is -0.0138. The van der Waals surface area contributed by atoms with Crippen LogP contribution in [0.15, 0.2) is 6.20 Å². The van der Waals surface area contributed by atoms with Crippen LogP contribution in [0.25, 0.3) is 0 Å². The Bertz CT molecular complexity index is 353. The van der Waals surface area contributed by atoms with E-state index in [4.69, 9.17) is 22.2 Å². The van der Waals surface area contributed by atoms with Gasteiger partial charge in [-0.25, -0.2) is 5.43 Å². The lowest BCUT2D eigenvalue weighted by atomic mass is 9.83. The maximum Gasteiger partial charge on any atom is 0.0910 e. The van der Waals surface area contributed by atoms with E-state index in [0.717, 1.165) is 5.69 Å². The number of halogens is 1. The van der Waals surface area contributed by atoms with Gasteiger partial charge in [-0.15, -0.1) is 0 Å². The Balaban J connectivity index is 3.15. The second-order valence-electron chi connectivity index (χ2n) is 5.17. The summed E-state index contributed by atoms with van der Waals surface area (Å²) in [5.74, 6) is 5.65. The highest BCUT2D eigenvalue weighted by Crippen LogP contribution is 2.34. The van der Waals surface area contributed by atoms with E-state index in [1.54, 1.807) is 18.0 Å². The molecule has 0 radical (unpaired) electrons. The highest BCUT2D eigenvalue weighted by molar-refractivity contribution is 6.31. The van der Waals surface area contributed by atoms with Gasteiger partial charge in [0.05, 0.1) is 29.1 Å². The highest BCUT2D eigenvalue weighted by Gasteiger charge is 2.35. The number of hydrogen-bond acceptors (Lipinski definition) is 4. The summed E-state index contributed by atoms with van der Waals surface area (Å²) in [7, 11) is 3.51. The minimum absolute atomic E-state index is 0.0701. The molecule has 0 spiro atoms. The molecule has 0 saturated carbocycles. The molecular formula is C11H21ClN4O. The quantitative estimate of drug-likeness (QED) is 0.638. The molecule has 1 rings (SSSR count). The molecule has 1 aromatic rings. The summed E-state index contributed by atoms with van der Waals surface area (Å²) in [5, 5.41) is 4.70. The van der Waals surface area contributed by atoms with Gasteiger partial charge in [0.2, 0.25) is 0 Å². The van der Waals surface area contributed by atoms with E-state index in [2.05, 4.69) is 31.3 Å². The van der Waals surface area contributed by atoms with Gasteiger partial charge in [0.1, 0.15) is 0 Å².